The second-order valence-corrected chi connectivity index (χ2v) is 4.42. The molecule has 0 amide bonds. The van der Waals surface area contributed by atoms with Crippen molar-refractivity contribution < 1.29 is 0 Å². The molecule has 15 heavy (non-hydrogen) atoms. The van der Waals surface area contributed by atoms with Gasteiger partial charge in [-0.2, -0.15) is 0 Å². The Hall–Kier alpha value is -0.980. The van der Waals surface area contributed by atoms with Crippen LogP contribution < -0.4 is 5.73 Å². The van der Waals surface area contributed by atoms with E-state index in [0.29, 0.717) is 5.92 Å². The molecule has 86 valence electrons. The standard InChI is InChI=1S/C14H25N/c1-6-8-14(15)13(7-2)10-12(5)9-11(3)4/h6,8,10-11H,7,9,15H2,1-5H3/b8-6-,12-10+,14-13+. The molecule has 0 aromatic heterocycles. The van der Waals surface area contributed by atoms with Gasteiger partial charge < -0.3 is 5.73 Å². The van der Waals surface area contributed by atoms with Crippen LogP contribution in [0, 0.1) is 5.92 Å². The molecule has 0 aromatic rings. The molecule has 0 aliphatic heterocycles. The molecular formula is C14H25N. The first kappa shape index (κ1) is 14.0. The van der Waals surface area contributed by atoms with Crippen LogP contribution in [0.25, 0.3) is 0 Å². The van der Waals surface area contributed by atoms with E-state index in [0.717, 1.165) is 18.5 Å². The minimum absolute atomic E-state index is 0.710. The lowest BCUT2D eigenvalue weighted by atomic mass is 10.0. The molecule has 0 fully saturated rings. The van der Waals surface area contributed by atoms with Crippen molar-refractivity contribution in [2.75, 3.05) is 0 Å². The van der Waals surface area contributed by atoms with E-state index in [1.54, 1.807) is 0 Å². The fourth-order valence-electron chi connectivity index (χ4n) is 1.68. The fourth-order valence-corrected chi connectivity index (χ4v) is 1.68. The first-order valence-corrected chi connectivity index (χ1v) is 5.79. The Morgan fingerprint density at radius 2 is 1.93 bits per heavy atom. The molecule has 0 rings (SSSR count). The Balaban J connectivity index is 4.77. The molecule has 0 radical (unpaired) electrons. The molecular weight excluding hydrogens is 182 g/mol. The lowest BCUT2D eigenvalue weighted by molar-refractivity contribution is 0.642. The predicted octanol–water partition coefficient (Wildman–Crippen LogP) is 4.18. The topological polar surface area (TPSA) is 26.0 Å². The van der Waals surface area contributed by atoms with Gasteiger partial charge in [-0.05, 0) is 44.3 Å². The third kappa shape index (κ3) is 6.16. The van der Waals surface area contributed by atoms with E-state index in [2.05, 4.69) is 33.8 Å². The smallest absolute Gasteiger partial charge is 0.0343 e. The Morgan fingerprint density at radius 3 is 2.33 bits per heavy atom. The van der Waals surface area contributed by atoms with Gasteiger partial charge in [-0.25, -0.2) is 0 Å². The van der Waals surface area contributed by atoms with Gasteiger partial charge in [-0.3, -0.25) is 0 Å². The van der Waals surface area contributed by atoms with Gasteiger partial charge in [0.05, 0.1) is 0 Å². The number of hydrogen-bond donors (Lipinski definition) is 1. The van der Waals surface area contributed by atoms with E-state index in [-0.39, 0.29) is 0 Å². The first-order valence-electron chi connectivity index (χ1n) is 5.79. The van der Waals surface area contributed by atoms with Crippen molar-refractivity contribution in [3.8, 4) is 0 Å². The minimum atomic E-state index is 0.710. The van der Waals surface area contributed by atoms with Crippen LogP contribution in [0.4, 0.5) is 0 Å². The molecule has 0 aliphatic rings. The average molecular weight is 207 g/mol. The Kier molecular flexibility index (Phi) is 6.85. The summed E-state index contributed by atoms with van der Waals surface area (Å²) in [6.07, 6.45) is 8.32. The summed E-state index contributed by atoms with van der Waals surface area (Å²) in [5.74, 6) is 0.710. The van der Waals surface area contributed by atoms with Gasteiger partial charge in [-0.15, -0.1) is 0 Å². The highest BCUT2D eigenvalue weighted by Crippen LogP contribution is 2.15. The van der Waals surface area contributed by atoms with Gasteiger partial charge in [0.15, 0.2) is 0 Å². The van der Waals surface area contributed by atoms with Crippen LogP contribution >= 0.6 is 0 Å². The van der Waals surface area contributed by atoms with Crippen molar-refractivity contribution in [3.63, 3.8) is 0 Å². The fraction of sp³-hybridized carbons (Fsp3) is 0.571. The maximum atomic E-state index is 5.97. The van der Waals surface area contributed by atoms with Crippen LogP contribution in [0.3, 0.4) is 0 Å². The van der Waals surface area contributed by atoms with Crippen molar-refractivity contribution in [2.24, 2.45) is 11.7 Å². The Labute approximate surface area is 94.8 Å². The van der Waals surface area contributed by atoms with Crippen LogP contribution in [0.1, 0.15) is 47.5 Å². The minimum Gasteiger partial charge on any atom is -0.399 e. The average Bonchev–Trinajstić information content (AvgIpc) is 2.13. The van der Waals surface area contributed by atoms with Gasteiger partial charge in [-0.1, -0.05) is 38.5 Å². The van der Waals surface area contributed by atoms with Crippen LogP contribution in [0.5, 0.6) is 0 Å². The SMILES string of the molecule is C\C=C/C(N)=C(\C=C(/C)CC(C)C)CC. The van der Waals surface area contributed by atoms with Crippen LogP contribution in [0.2, 0.25) is 0 Å². The molecule has 0 unspecified atom stereocenters. The molecule has 0 aliphatic carbocycles. The Morgan fingerprint density at radius 1 is 1.33 bits per heavy atom. The normalized spacial score (nSPS) is 14.9. The maximum absolute atomic E-state index is 5.97. The number of nitrogens with two attached hydrogens (primary N) is 1. The van der Waals surface area contributed by atoms with Crippen LogP contribution in [0.15, 0.2) is 35.1 Å². The largest absolute Gasteiger partial charge is 0.399 e. The highest BCUT2D eigenvalue weighted by Gasteiger charge is 1.99. The predicted molar refractivity (Wildman–Crippen MR) is 69.5 cm³/mol. The van der Waals surface area contributed by atoms with E-state index in [4.69, 9.17) is 5.73 Å². The molecule has 0 spiro atoms. The summed E-state index contributed by atoms with van der Waals surface area (Å²) in [7, 11) is 0. The molecule has 1 nitrogen and oxygen atoms in total. The van der Waals surface area contributed by atoms with Gasteiger partial charge in [0.1, 0.15) is 0 Å². The summed E-state index contributed by atoms with van der Waals surface area (Å²) in [6.45, 7) is 10.8. The molecule has 0 bridgehead atoms. The number of allylic oxidation sites excluding steroid dienone is 5. The molecule has 0 saturated carbocycles. The highest BCUT2D eigenvalue weighted by atomic mass is 14.6. The lowest BCUT2D eigenvalue weighted by Crippen LogP contribution is -1.99. The zero-order valence-electron chi connectivity index (χ0n) is 10.8. The van der Waals surface area contributed by atoms with Crippen molar-refractivity contribution in [1.82, 2.24) is 0 Å². The second kappa shape index (κ2) is 7.33. The number of rotatable bonds is 5. The molecule has 1 heteroatoms. The summed E-state index contributed by atoms with van der Waals surface area (Å²) < 4.78 is 0. The van der Waals surface area contributed by atoms with Crippen LogP contribution in [-0.4, -0.2) is 0 Å². The van der Waals surface area contributed by atoms with E-state index in [1.165, 1.54) is 11.1 Å². The van der Waals surface area contributed by atoms with Crippen molar-refractivity contribution >= 4 is 0 Å². The highest BCUT2D eigenvalue weighted by molar-refractivity contribution is 5.32. The maximum Gasteiger partial charge on any atom is 0.0343 e. The summed E-state index contributed by atoms with van der Waals surface area (Å²) in [6, 6.07) is 0. The van der Waals surface area contributed by atoms with E-state index in [9.17, 15) is 0 Å². The molecule has 2 N–H and O–H groups in total. The summed E-state index contributed by atoms with van der Waals surface area (Å²) in [4.78, 5) is 0. The monoisotopic (exact) mass is 207 g/mol. The van der Waals surface area contributed by atoms with Gasteiger partial charge in [0, 0.05) is 5.70 Å². The van der Waals surface area contributed by atoms with E-state index < -0.39 is 0 Å². The molecule has 0 aromatic carbocycles. The van der Waals surface area contributed by atoms with Crippen LogP contribution in [-0.2, 0) is 0 Å². The number of hydrogen-bond acceptors (Lipinski definition) is 1. The summed E-state index contributed by atoms with van der Waals surface area (Å²) >= 11 is 0. The molecule has 0 saturated heterocycles. The van der Waals surface area contributed by atoms with Crippen molar-refractivity contribution in [1.29, 1.82) is 0 Å². The third-order valence-electron chi connectivity index (χ3n) is 2.25. The molecule has 0 heterocycles. The zero-order valence-corrected chi connectivity index (χ0v) is 10.8. The molecule has 0 atom stereocenters. The van der Waals surface area contributed by atoms with E-state index >= 15 is 0 Å². The second-order valence-electron chi connectivity index (χ2n) is 4.42. The zero-order chi connectivity index (χ0) is 11.8. The van der Waals surface area contributed by atoms with Gasteiger partial charge in [0.2, 0.25) is 0 Å². The van der Waals surface area contributed by atoms with Gasteiger partial charge >= 0.3 is 0 Å². The summed E-state index contributed by atoms with van der Waals surface area (Å²) in [5, 5.41) is 0. The van der Waals surface area contributed by atoms with Crippen molar-refractivity contribution in [3.05, 3.63) is 35.1 Å². The quantitative estimate of drug-likeness (QED) is 0.672. The summed E-state index contributed by atoms with van der Waals surface area (Å²) in [5.41, 5.74) is 9.51. The van der Waals surface area contributed by atoms with Crippen molar-refractivity contribution in [2.45, 2.75) is 47.5 Å². The van der Waals surface area contributed by atoms with E-state index in [1.807, 2.05) is 19.1 Å². The third-order valence-corrected chi connectivity index (χ3v) is 2.25. The lowest BCUT2D eigenvalue weighted by Gasteiger charge is -2.07. The Bertz CT molecular complexity index is 267. The van der Waals surface area contributed by atoms with Gasteiger partial charge in [0.25, 0.3) is 0 Å². The first-order chi connectivity index (χ1) is 7.01.